The lowest BCUT2D eigenvalue weighted by Gasteiger charge is -2.31. The van der Waals surface area contributed by atoms with Crippen molar-refractivity contribution >= 4 is 11.4 Å². The van der Waals surface area contributed by atoms with Crippen molar-refractivity contribution in [1.82, 2.24) is 0 Å². The van der Waals surface area contributed by atoms with E-state index >= 15 is 0 Å². The Morgan fingerprint density at radius 1 is 0.950 bits per heavy atom. The van der Waals surface area contributed by atoms with Crippen LogP contribution >= 0.6 is 0 Å². The van der Waals surface area contributed by atoms with E-state index in [-0.39, 0.29) is 6.17 Å². The van der Waals surface area contributed by atoms with Crippen LogP contribution in [-0.2, 0) is 0 Å². The molecule has 0 amide bonds. The highest BCUT2D eigenvalue weighted by atomic mass is 15.2. The maximum Gasteiger partial charge on any atom is 0.0946 e. The van der Waals surface area contributed by atoms with Crippen molar-refractivity contribution in [3.63, 3.8) is 0 Å². The van der Waals surface area contributed by atoms with Crippen molar-refractivity contribution in [2.24, 2.45) is 11.5 Å². The molecule has 2 aromatic rings. The maximum absolute atomic E-state index is 6.29. The molecule has 1 unspecified atom stereocenters. The average Bonchev–Trinajstić information content (AvgIpc) is 2.52. The van der Waals surface area contributed by atoms with E-state index in [1.54, 1.807) is 0 Å². The number of nitrogens with two attached hydrogens (primary N) is 2. The van der Waals surface area contributed by atoms with Crippen molar-refractivity contribution in [2.75, 3.05) is 29.9 Å². The van der Waals surface area contributed by atoms with Crippen LogP contribution in [0.5, 0.6) is 0 Å². The summed E-state index contributed by atoms with van der Waals surface area (Å²) in [5, 5.41) is 3.35. The first-order valence-corrected chi connectivity index (χ1v) is 6.87. The molecule has 4 heteroatoms. The molecule has 1 atom stereocenters. The van der Waals surface area contributed by atoms with E-state index in [0.29, 0.717) is 13.1 Å². The smallest absolute Gasteiger partial charge is 0.0946 e. The van der Waals surface area contributed by atoms with Gasteiger partial charge in [0.05, 0.1) is 6.17 Å². The molecule has 0 aliphatic rings. The lowest BCUT2D eigenvalue weighted by molar-refractivity contribution is 0.634. The third-order valence-electron chi connectivity index (χ3n) is 3.15. The summed E-state index contributed by atoms with van der Waals surface area (Å²) in [5.74, 6) is 0. The van der Waals surface area contributed by atoms with Crippen LogP contribution in [-0.4, -0.2) is 25.8 Å². The molecule has 20 heavy (non-hydrogen) atoms. The SMILES string of the molecule is NCCN(c1ccccc1)C(N)CNc1ccccc1. The second kappa shape index (κ2) is 7.53. The number of nitrogens with one attached hydrogen (secondary N) is 1. The van der Waals surface area contributed by atoms with Crippen molar-refractivity contribution < 1.29 is 0 Å². The molecule has 0 radical (unpaired) electrons. The van der Waals surface area contributed by atoms with Crippen LogP contribution in [0.3, 0.4) is 0 Å². The van der Waals surface area contributed by atoms with Crippen molar-refractivity contribution in [2.45, 2.75) is 6.17 Å². The predicted molar refractivity (Wildman–Crippen MR) is 85.7 cm³/mol. The van der Waals surface area contributed by atoms with Crippen molar-refractivity contribution in [3.05, 3.63) is 60.7 Å². The zero-order valence-electron chi connectivity index (χ0n) is 11.6. The van der Waals surface area contributed by atoms with Crippen molar-refractivity contribution in [1.29, 1.82) is 0 Å². The minimum absolute atomic E-state index is 0.124. The molecule has 0 fully saturated rings. The molecule has 0 aliphatic carbocycles. The summed E-state index contributed by atoms with van der Waals surface area (Å²) in [4.78, 5) is 2.12. The van der Waals surface area contributed by atoms with Gasteiger partial charge in [0, 0.05) is 31.0 Å². The normalized spacial score (nSPS) is 11.9. The van der Waals surface area contributed by atoms with Crippen LogP contribution in [0.25, 0.3) is 0 Å². The quantitative estimate of drug-likeness (QED) is 0.672. The number of nitrogens with zero attached hydrogens (tertiary/aromatic N) is 1. The second-order valence-corrected chi connectivity index (χ2v) is 4.63. The summed E-state index contributed by atoms with van der Waals surface area (Å²) in [5.41, 5.74) is 14.2. The fourth-order valence-electron chi connectivity index (χ4n) is 2.13. The largest absolute Gasteiger partial charge is 0.382 e. The third kappa shape index (κ3) is 3.98. The molecule has 0 aromatic heterocycles. The summed E-state index contributed by atoms with van der Waals surface area (Å²) in [6.45, 7) is 1.98. The fraction of sp³-hybridized carbons (Fsp3) is 0.250. The van der Waals surface area contributed by atoms with Crippen LogP contribution in [0.2, 0.25) is 0 Å². The minimum atomic E-state index is -0.124. The minimum Gasteiger partial charge on any atom is -0.382 e. The molecule has 106 valence electrons. The molecule has 4 nitrogen and oxygen atoms in total. The van der Waals surface area contributed by atoms with Crippen molar-refractivity contribution in [3.8, 4) is 0 Å². The van der Waals surface area contributed by atoms with Gasteiger partial charge in [0.2, 0.25) is 0 Å². The molecule has 5 N–H and O–H groups in total. The lowest BCUT2D eigenvalue weighted by Crippen LogP contribution is -2.48. The van der Waals surface area contributed by atoms with Gasteiger partial charge < -0.3 is 21.7 Å². The van der Waals surface area contributed by atoms with Crippen LogP contribution in [0.4, 0.5) is 11.4 Å². The molecule has 0 heterocycles. The van der Waals surface area contributed by atoms with Gasteiger partial charge in [0.15, 0.2) is 0 Å². The zero-order chi connectivity index (χ0) is 14.2. The predicted octanol–water partition coefficient (Wildman–Crippen LogP) is 1.85. The Morgan fingerprint density at radius 3 is 2.15 bits per heavy atom. The van der Waals surface area contributed by atoms with E-state index in [2.05, 4.69) is 22.3 Å². The molecule has 2 rings (SSSR count). The Hall–Kier alpha value is -2.04. The van der Waals surface area contributed by atoms with Crippen LogP contribution in [0.15, 0.2) is 60.7 Å². The van der Waals surface area contributed by atoms with Crippen LogP contribution < -0.4 is 21.7 Å². The van der Waals surface area contributed by atoms with Gasteiger partial charge in [-0.1, -0.05) is 36.4 Å². The highest BCUT2D eigenvalue weighted by molar-refractivity contribution is 5.48. The van der Waals surface area contributed by atoms with Crippen LogP contribution in [0, 0.1) is 0 Å². The number of hydrogen-bond acceptors (Lipinski definition) is 4. The van der Waals surface area contributed by atoms with E-state index in [1.807, 2.05) is 48.5 Å². The van der Waals surface area contributed by atoms with Crippen LogP contribution in [0.1, 0.15) is 0 Å². The Balaban J connectivity index is 1.99. The Bertz CT molecular complexity index is 486. The lowest BCUT2D eigenvalue weighted by atomic mass is 10.2. The highest BCUT2D eigenvalue weighted by Crippen LogP contribution is 2.14. The summed E-state index contributed by atoms with van der Waals surface area (Å²) >= 11 is 0. The summed E-state index contributed by atoms with van der Waals surface area (Å²) in [7, 11) is 0. The molecule has 2 aromatic carbocycles. The first-order valence-electron chi connectivity index (χ1n) is 6.87. The first kappa shape index (κ1) is 14.4. The topological polar surface area (TPSA) is 67.3 Å². The maximum atomic E-state index is 6.29. The van der Waals surface area contributed by atoms with Gasteiger partial charge in [-0.2, -0.15) is 0 Å². The van der Waals surface area contributed by atoms with E-state index in [9.17, 15) is 0 Å². The molecule has 0 bridgehead atoms. The monoisotopic (exact) mass is 270 g/mol. The van der Waals surface area contributed by atoms with E-state index < -0.39 is 0 Å². The summed E-state index contributed by atoms with van der Waals surface area (Å²) in [6.07, 6.45) is -0.124. The van der Waals surface area contributed by atoms with E-state index in [4.69, 9.17) is 11.5 Å². The van der Waals surface area contributed by atoms with Gasteiger partial charge in [-0.15, -0.1) is 0 Å². The highest BCUT2D eigenvalue weighted by Gasteiger charge is 2.13. The zero-order valence-corrected chi connectivity index (χ0v) is 11.6. The number of hydrogen-bond donors (Lipinski definition) is 3. The number of rotatable bonds is 7. The van der Waals surface area contributed by atoms with Gasteiger partial charge in [-0.05, 0) is 24.3 Å². The second-order valence-electron chi connectivity index (χ2n) is 4.63. The average molecular weight is 270 g/mol. The van der Waals surface area contributed by atoms with Gasteiger partial charge in [0.1, 0.15) is 0 Å². The first-order chi connectivity index (χ1) is 9.81. The Kier molecular flexibility index (Phi) is 5.41. The van der Waals surface area contributed by atoms with Gasteiger partial charge in [0.25, 0.3) is 0 Å². The van der Waals surface area contributed by atoms with Gasteiger partial charge in [-0.3, -0.25) is 0 Å². The fourth-order valence-corrected chi connectivity index (χ4v) is 2.13. The van der Waals surface area contributed by atoms with E-state index in [0.717, 1.165) is 17.9 Å². The molecule has 0 aliphatic heterocycles. The Labute approximate surface area is 120 Å². The third-order valence-corrected chi connectivity index (χ3v) is 3.15. The molecule has 0 spiro atoms. The number of benzene rings is 2. The molecular formula is C16H22N4. The van der Waals surface area contributed by atoms with Gasteiger partial charge >= 0.3 is 0 Å². The number of para-hydroxylation sites is 2. The van der Waals surface area contributed by atoms with E-state index in [1.165, 1.54) is 0 Å². The molecule has 0 saturated carbocycles. The molecule has 0 saturated heterocycles. The summed E-state index contributed by atoms with van der Waals surface area (Å²) < 4.78 is 0. The Morgan fingerprint density at radius 2 is 1.55 bits per heavy atom. The molecular weight excluding hydrogens is 248 g/mol. The van der Waals surface area contributed by atoms with Gasteiger partial charge in [-0.25, -0.2) is 0 Å². The standard InChI is InChI=1S/C16H22N4/c17-11-12-20(15-9-5-2-6-10-15)16(18)13-19-14-7-3-1-4-8-14/h1-10,16,19H,11-13,17-18H2. The number of anilines is 2. The summed E-state index contributed by atoms with van der Waals surface area (Å²) in [6, 6.07) is 20.2.